The Hall–Kier alpha value is -2.56. The van der Waals surface area contributed by atoms with Crippen LogP contribution in [0.15, 0.2) is 36.4 Å². The molecule has 1 atom stereocenters. The Kier molecular flexibility index (Phi) is 3.25. The Labute approximate surface area is 122 Å². The average Bonchev–Trinajstić information content (AvgIpc) is 2.81. The normalized spacial score (nSPS) is 16.5. The number of phenols is 1. The van der Waals surface area contributed by atoms with E-state index < -0.39 is 0 Å². The van der Waals surface area contributed by atoms with Gasteiger partial charge >= 0.3 is 0 Å². The van der Waals surface area contributed by atoms with Crippen molar-refractivity contribution >= 4 is 11.4 Å². The molecule has 1 aliphatic carbocycles. The van der Waals surface area contributed by atoms with Gasteiger partial charge in [-0.2, -0.15) is 0 Å². The molecular weight excluding hydrogens is 268 g/mol. The lowest BCUT2D eigenvalue weighted by molar-refractivity contribution is -0.384. The zero-order chi connectivity index (χ0) is 15.0. The lowest BCUT2D eigenvalue weighted by Crippen LogP contribution is -2.09. The maximum Gasteiger partial charge on any atom is 0.292 e. The number of phenolic OH excluding ortho intramolecular Hbond substituents is 1. The quantitative estimate of drug-likeness (QED) is 0.665. The first-order valence-corrected chi connectivity index (χ1v) is 6.88. The van der Waals surface area contributed by atoms with Crippen LogP contribution in [0.3, 0.4) is 0 Å². The van der Waals surface area contributed by atoms with Crippen molar-refractivity contribution in [3.63, 3.8) is 0 Å². The van der Waals surface area contributed by atoms with E-state index in [1.807, 2.05) is 13.0 Å². The summed E-state index contributed by atoms with van der Waals surface area (Å²) in [5.41, 5.74) is 3.82. The van der Waals surface area contributed by atoms with Gasteiger partial charge in [0.15, 0.2) is 0 Å². The summed E-state index contributed by atoms with van der Waals surface area (Å²) < 4.78 is 0. The lowest BCUT2D eigenvalue weighted by Gasteiger charge is -2.16. The zero-order valence-electron chi connectivity index (χ0n) is 11.7. The molecule has 108 valence electrons. The number of nitrogens with one attached hydrogen (secondary N) is 1. The van der Waals surface area contributed by atoms with Gasteiger partial charge in [-0.25, -0.2) is 0 Å². The van der Waals surface area contributed by atoms with Crippen molar-refractivity contribution in [2.45, 2.75) is 25.8 Å². The lowest BCUT2D eigenvalue weighted by atomic mass is 10.1. The van der Waals surface area contributed by atoms with Gasteiger partial charge in [0.25, 0.3) is 5.69 Å². The van der Waals surface area contributed by atoms with Gasteiger partial charge in [0.05, 0.1) is 11.0 Å². The molecule has 5 nitrogen and oxygen atoms in total. The number of nitro groups is 1. The molecule has 0 saturated carbocycles. The maximum atomic E-state index is 11.1. The molecule has 0 spiro atoms. The van der Waals surface area contributed by atoms with Crippen molar-refractivity contribution < 1.29 is 10.0 Å². The van der Waals surface area contributed by atoms with E-state index in [2.05, 4.69) is 5.32 Å². The highest BCUT2D eigenvalue weighted by Crippen LogP contribution is 2.37. The standard InChI is InChI=1S/C16H16N2O3/c1-10-2-7-16(18(20)21)15(8-10)17-14-6-3-11-9-12(19)4-5-13(11)14/h2,4-5,7-9,14,17,19H,3,6H2,1H3. The van der Waals surface area contributed by atoms with Crippen LogP contribution in [0.1, 0.15) is 29.2 Å². The number of anilines is 1. The van der Waals surface area contributed by atoms with Gasteiger partial charge < -0.3 is 10.4 Å². The number of fused-ring (bicyclic) bond motifs is 1. The molecule has 0 aliphatic heterocycles. The summed E-state index contributed by atoms with van der Waals surface area (Å²) in [7, 11) is 0. The number of hydrogen-bond donors (Lipinski definition) is 2. The van der Waals surface area contributed by atoms with Crippen molar-refractivity contribution in [1.29, 1.82) is 0 Å². The van der Waals surface area contributed by atoms with E-state index in [0.29, 0.717) is 5.69 Å². The molecule has 2 aromatic carbocycles. The van der Waals surface area contributed by atoms with Crippen LogP contribution in [0.4, 0.5) is 11.4 Å². The van der Waals surface area contributed by atoms with Gasteiger partial charge in [-0.15, -0.1) is 0 Å². The van der Waals surface area contributed by atoms with Crippen molar-refractivity contribution in [1.82, 2.24) is 0 Å². The summed E-state index contributed by atoms with van der Waals surface area (Å²) in [4.78, 5) is 10.8. The van der Waals surface area contributed by atoms with E-state index in [1.54, 1.807) is 24.3 Å². The molecule has 0 bridgehead atoms. The molecule has 0 fully saturated rings. The van der Waals surface area contributed by atoms with Crippen LogP contribution in [0.25, 0.3) is 0 Å². The van der Waals surface area contributed by atoms with E-state index in [9.17, 15) is 15.2 Å². The van der Waals surface area contributed by atoms with Crippen molar-refractivity contribution in [3.05, 3.63) is 63.2 Å². The number of aromatic hydroxyl groups is 1. The topological polar surface area (TPSA) is 75.4 Å². The number of benzene rings is 2. The fourth-order valence-electron chi connectivity index (χ4n) is 2.87. The Morgan fingerprint density at radius 2 is 2.10 bits per heavy atom. The van der Waals surface area contributed by atoms with E-state index in [1.165, 1.54) is 6.07 Å². The number of hydrogen-bond acceptors (Lipinski definition) is 4. The second kappa shape index (κ2) is 5.09. The third kappa shape index (κ3) is 2.54. The van der Waals surface area contributed by atoms with Gasteiger partial charge in [0.2, 0.25) is 0 Å². The summed E-state index contributed by atoms with van der Waals surface area (Å²) in [5.74, 6) is 0.260. The van der Waals surface area contributed by atoms with Crippen LogP contribution in [-0.4, -0.2) is 10.0 Å². The predicted octanol–water partition coefficient (Wildman–Crippen LogP) is 3.71. The Morgan fingerprint density at radius 1 is 1.29 bits per heavy atom. The summed E-state index contributed by atoms with van der Waals surface area (Å²) >= 11 is 0. The first-order chi connectivity index (χ1) is 10.0. The number of rotatable bonds is 3. The minimum absolute atomic E-state index is 0.0427. The molecule has 5 heteroatoms. The molecule has 21 heavy (non-hydrogen) atoms. The summed E-state index contributed by atoms with van der Waals surface area (Å²) in [6, 6.07) is 10.4. The van der Waals surface area contributed by atoms with Crippen LogP contribution in [0.2, 0.25) is 0 Å². The van der Waals surface area contributed by atoms with E-state index in [0.717, 1.165) is 29.5 Å². The Bertz CT molecular complexity index is 713. The molecule has 2 N–H and O–H groups in total. The highest BCUT2D eigenvalue weighted by Gasteiger charge is 2.25. The van der Waals surface area contributed by atoms with Crippen molar-refractivity contribution in [2.75, 3.05) is 5.32 Å². The molecule has 0 radical (unpaired) electrons. The number of aryl methyl sites for hydroxylation is 2. The van der Waals surface area contributed by atoms with Crippen LogP contribution >= 0.6 is 0 Å². The molecular formula is C16H16N2O3. The minimum Gasteiger partial charge on any atom is -0.508 e. The second-order valence-electron chi connectivity index (χ2n) is 5.40. The third-order valence-corrected chi connectivity index (χ3v) is 3.88. The smallest absolute Gasteiger partial charge is 0.292 e. The highest BCUT2D eigenvalue weighted by molar-refractivity contribution is 5.64. The van der Waals surface area contributed by atoms with Gasteiger partial charge in [-0.05, 0) is 54.7 Å². The predicted molar refractivity (Wildman–Crippen MR) is 80.6 cm³/mol. The second-order valence-corrected chi connectivity index (χ2v) is 5.40. The fraction of sp³-hybridized carbons (Fsp3) is 0.250. The van der Waals surface area contributed by atoms with Crippen LogP contribution in [0, 0.1) is 17.0 Å². The number of nitrogens with zero attached hydrogens (tertiary/aromatic N) is 1. The van der Waals surface area contributed by atoms with Gasteiger partial charge in [-0.1, -0.05) is 12.1 Å². The zero-order valence-corrected chi connectivity index (χ0v) is 11.7. The van der Waals surface area contributed by atoms with Gasteiger partial charge in [0.1, 0.15) is 11.4 Å². The van der Waals surface area contributed by atoms with E-state index in [-0.39, 0.29) is 22.4 Å². The fourth-order valence-corrected chi connectivity index (χ4v) is 2.87. The molecule has 1 aliphatic rings. The first-order valence-electron chi connectivity index (χ1n) is 6.88. The third-order valence-electron chi connectivity index (χ3n) is 3.88. The molecule has 0 aromatic heterocycles. The van der Waals surface area contributed by atoms with Crippen LogP contribution in [-0.2, 0) is 6.42 Å². The Balaban J connectivity index is 1.93. The van der Waals surface area contributed by atoms with Gasteiger partial charge in [-0.3, -0.25) is 10.1 Å². The molecule has 0 amide bonds. The maximum absolute atomic E-state index is 11.1. The van der Waals surface area contributed by atoms with Crippen molar-refractivity contribution in [2.24, 2.45) is 0 Å². The highest BCUT2D eigenvalue weighted by atomic mass is 16.6. The monoisotopic (exact) mass is 284 g/mol. The van der Waals surface area contributed by atoms with E-state index >= 15 is 0 Å². The molecule has 2 aromatic rings. The molecule has 0 heterocycles. The molecule has 1 unspecified atom stereocenters. The van der Waals surface area contributed by atoms with E-state index in [4.69, 9.17) is 0 Å². The van der Waals surface area contributed by atoms with Crippen LogP contribution < -0.4 is 5.32 Å². The SMILES string of the molecule is Cc1ccc([N+](=O)[O-])c(NC2CCc3cc(O)ccc32)c1. The minimum atomic E-state index is -0.367. The van der Waals surface area contributed by atoms with Crippen molar-refractivity contribution in [3.8, 4) is 5.75 Å². The summed E-state index contributed by atoms with van der Waals surface area (Å²) in [6.45, 7) is 1.91. The summed E-state index contributed by atoms with van der Waals surface area (Å²) in [5, 5.41) is 23.9. The Morgan fingerprint density at radius 3 is 2.86 bits per heavy atom. The first kappa shape index (κ1) is 13.4. The van der Waals surface area contributed by atoms with Crippen LogP contribution in [0.5, 0.6) is 5.75 Å². The largest absolute Gasteiger partial charge is 0.508 e. The molecule has 3 rings (SSSR count). The summed E-state index contributed by atoms with van der Waals surface area (Å²) in [6.07, 6.45) is 1.73. The average molecular weight is 284 g/mol. The molecule has 0 saturated heterocycles. The van der Waals surface area contributed by atoms with Gasteiger partial charge in [0, 0.05) is 6.07 Å². The number of nitro benzene ring substituents is 1.